The van der Waals surface area contributed by atoms with Gasteiger partial charge in [0.25, 0.3) is 0 Å². The first-order valence-electron chi connectivity index (χ1n) is 14.6. The molecule has 0 fully saturated rings. The second kappa shape index (κ2) is 15.3. The number of allylic oxidation sites excluding steroid dienone is 1. The summed E-state index contributed by atoms with van der Waals surface area (Å²) < 4.78 is 26.4. The third-order valence-corrected chi connectivity index (χ3v) is 9.59. The van der Waals surface area contributed by atoms with Crippen molar-refractivity contribution in [2.75, 3.05) is 20.3 Å². The molecule has 1 atom stereocenters. The van der Waals surface area contributed by atoms with Gasteiger partial charge in [0.1, 0.15) is 17.3 Å². The third-order valence-electron chi connectivity index (χ3n) is 7.91. The molecule has 1 unspecified atom stereocenters. The van der Waals surface area contributed by atoms with E-state index in [2.05, 4.69) is 50.0 Å². The van der Waals surface area contributed by atoms with Crippen molar-refractivity contribution in [2.45, 2.75) is 64.0 Å². The molecule has 0 aliphatic carbocycles. The maximum Gasteiger partial charge on any atom is 0.137 e. The lowest BCUT2D eigenvalue weighted by molar-refractivity contribution is 0.312. The summed E-state index contributed by atoms with van der Waals surface area (Å²) >= 11 is 14.4. The van der Waals surface area contributed by atoms with E-state index in [1.807, 2.05) is 24.4 Å². The van der Waals surface area contributed by atoms with Crippen molar-refractivity contribution in [3.63, 3.8) is 0 Å². The Morgan fingerprint density at radius 2 is 1.84 bits per heavy atom. The van der Waals surface area contributed by atoms with Crippen LogP contribution in [0.1, 0.15) is 68.2 Å². The van der Waals surface area contributed by atoms with E-state index in [1.165, 1.54) is 34.5 Å². The molecule has 0 saturated carbocycles. The number of thioether (sulfide) groups is 1. The van der Waals surface area contributed by atoms with Gasteiger partial charge in [-0.15, -0.1) is 11.8 Å². The molecular weight excluding hydrogens is 616 g/mol. The quantitative estimate of drug-likeness (QED) is 0.127. The second-order valence-electron chi connectivity index (χ2n) is 11.5. The van der Waals surface area contributed by atoms with Crippen LogP contribution in [0, 0.1) is 12.7 Å². The molecule has 1 heterocycles. The molecule has 0 bridgehead atoms. The molecule has 3 aromatic carbocycles. The monoisotopic (exact) mass is 655 g/mol. The Hall–Kier alpha value is -3.00. The number of amidine groups is 1. The Balaban J connectivity index is 1.56. The van der Waals surface area contributed by atoms with E-state index in [0.717, 1.165) is 23.4 Å². The number of benzene rings is 3. The van der Waals surface area contributed by atoms with Crippen molar-refractivity contribution in [2.24, 2.45) is 15.7 Å². The van der Waals surface area contributed by atoms with Crippen LogP contribution in [0.25, 0.3) is 0 Å². The summed E-state index contributed by atoms with van der Waals surface area (Å²) in [6.45, 7) is 9.18. The molecule has 0 amide bonds. The summed E-state index contributed by atoms with van der Waals surface area (Å²) in [4.78, 5) is 9.10. The van der Waals surface area contributed by atoms with Crippen molar-refractivity contribution in [3.05, 3.63) is 104 Å². The number of rotatable bonds is 11. The van der Waals surface area contributed by atoms with Gasteiger partial charge in [0, 0.05) is 48.4 Å². The minimum Gasteiger partial charge on any atom is -0.495 e. The summed E-state index contributed by atoms with van der Waals surface area (Å²) in [5.41, 5.74) is 10.4. The molecule has 0 radical (unpaired) electrons. The fourth-order valence-corrected chi connectivity index (χ4v) is 6.68. The number of aryl methyl sites for hydroxylation is 1. The van der Waals surface area contributed by atoms with E-state index in [9.17, 15) is 0 Å². The van der Waals surface area contributed by atoms with Crippen LogP contribution in [0.5, 0.6) is 11.5 Å². The van der Waals surface area contributed by atoms with Crippen LogP contribution in [-0.4, -0.2) is 31.1 Å². The van der Waals surface area contributed by atoms with Crippen LogP contribution in [-0.2, 0) is 11.2 Å². The number of nitrogens with two attached hydrogens (primary N) is 1. The van der Waals surface area contributed by atoms with Crippen molar-refractivity contribution >= 4 is 45.8 Å². The molecule has 234 valence electrons. The first kappa shape index (κ1) is 33.9. The minimum absolute atomic E-state index is 0.201. The second-order valence-corrected chi connectivity index (χ2v) is 13.4. The van der Waals surface area contributed by atoms with E-state index >= 15 is 4.39 Å². The first-order valence-corrected chi connectivity index (χ1v) is 16.4. The van der Waals surface area contributed by atoms with Crippen molar-refractivity contribution in [1.82, 2.24) is 0 Å². The van der Waals surface area contributed by atoms with Gasteiger partial charge >= 0.3 is 0 Å². The van der Waals surface area contributed by atoms with Crippen LogP contribution < -0.4 is 15.2 Å². The fraction of sp³-hybridized carbons (Fsp3) is 0.371. The minimum atomic E-state index is -0.394. The zero-order valence-electron chi connectivity index (χ0n) is 25.9. The largest absolute Gasteiger partial charge is 0.495 e. The molecule has 0 saturated heterocycles. The van der Waals surface area contributed by atoms with Gasteiger partial charge in [0.15, 0.2) is 0 Å². The molecule has 3 aromatic rings. The normalized spacial score (nSPS) is 15.8. The van der Waals surface area contributed by atoms with Gasteiger partial charge < -0.3 is 15.2 Å². The predicted molar refractivity (Wildman–Crippen MR) is 185 cm³/mol. The first-order chi connectivity index (χ1) is 21.0. The summed E-state index contributed by atoms with van der Waals surface area (Å²) in [6.07, 6.45) is 4.22. The molecule has 44 heavy (non-hydrogen) atoms. The summed E-state index contributed by atoms with van der Waals surface area (Å²) in [6, 6.07) is 17.7. The number of methoxy groups -OCH3 is 1. The number of aliphatic imine (C=N–C) groups is 2. The number of nitrogens with zero attached hydrogens (tertiary/aromatic N) is 2. The number of hydrogen-bond acceptors (Lipinski definition) is 5. The van der Waals surface area contributed by atoms with Crippen LogP contribution in [0.4, 0.5) is 4.39 Å². The number of ether oxygens (including phenoxy) is 2. The van der Waals surface area contributed by atoms with Gasteiger partial charge in [0.2, 0.25) is 0 Å². The Kier molecular flexibility index (Phi) is 11.8. The molecule has 2 N–H and O–H groups in total. The Morgan fingerprint density at radius 1 is 1.09 bits per heavy atom. The van der Waals surface area contributed by atoms with Crippen LogP contribution in [0.3, 0.4) is 0 Å². The van der Waals surface area contributed by atoms with Gasteiger partial charge in [-0.2, -0.15) is 0 Å². The average Bonchev–Trinajstić information content (AvgIpc) is 3.20. The summed E-state index contributed by atoms with van der Waals surface area (Å²) in [7, 11) is 1.63. The van der Waals surface area contributed by atoms with Crippen LogP contribution in [0.2, 0.25) is 10.0 Å². The van der Waals surface area contributed by atoms with Gasteiger partial charge in [-0.1, -0.05) is 72.9 Å². The molecule has 9 heteroatoms. The highest BCUT2D eigenvalue weighted by molar-refractivity contribution is 8.13. The summed E-state index contributed by atoms with van der Waals surface area (Å²) in [5.74, 6) is 1.74. The van der Waals surface area contributed by atoms with E-state index in [0.29, 0.717) is 58.3 Å². The molecule has 1 aliphatic heterocycles. The van der Waals surface area contributed by atoms with Crippen molar-refractivity contribution in [3.8, 4) is 11.5 Å². The topological polar surface area (TPSA) is 69.2 Å². The maximum absolute atomic E-state index is 15.2. The summed E-state index contributed by atoms with van der Waals surface area (Å²) in [5, 5.41) is 1.84. The van der Waals surface area contributed by atoms with E-state index < -0.39 is 5.82 Å². The molecule has 4 rings (SSSR count). The predicted octanol–water partition coefficient (Wildman–Crippen LogP) is 9.67. The molecule has 5 nitrogen and oxygen atoms in total. The van der Waals surface area contributed by atoms with Crippen molar-refractivity contribution in [1.29, 1.82) is 0 Å². The zero-order valence-corrected chi connectivity index (χ0v) is 28.3. The average molecular weight is 657 g/mol. The Bertz CT molecular complexity index is 1530. The van der Waals surface area contributed by atoms with E-state index in [-0.39, 0.29) is 11.3 Å². The van der Waals surface area contributed by atoms with Gasteiger partial charge in [-0.05, 0) is 61.1 Å². The lowest BCUT2D eigenvalue weighted by Crippen LogP contribution is -2.22. The standard InChI is InChI=1S/C35H40Cl2FN3O2S/c1-22-7-9-24(10-8-22)25-15-27(35(3,4)26-11-12-30(36)33(17-26)42-5)20-41-34(16-25)44-21-29-31(37)18-28(19-32(29)38)43-14-6-13-40-23(2)39/h7-12,17-20,25H,6,13-16,21H2,1-5H3,(H2,39,40). The Morgan fingerprint density at radius 3 is 2.52 bits per heavy atom. The Labute approximate surface area is 274 Å². The third kappa shape index (κ3) is 8.80. The van der Waals surface area contributed by atoms with Crippen LogP contribution >= 0.6 is 35.0 Å². The highest BCUT2D eigenvalue weighted by atomic mass is 35.5. The number of halogens is 3. The SMILES string of the molecule is COc1cc(C(C)(C)C2=CN=C(SCc3c(F)cc(OCCCN=C(C)N)cc3Cl)CC(c3ccc(C)cc3)C2)ccc1Cl. The van der Waals surface area contributed by atoms with Gasteiger partial charge in [-0.25, -0.2) is 4.39 Å². The highest BCUT2D eigenvalue weighted by Crippen LogP contribution is 2.43. The zero-order chi connectivity index (χ0) is 31.9. The molecule has 0 aromatic heterocycles. The van der Waals surface area contributed by atoms with Gasteiger partial charge in [-0.3, -0.25) is 9.98 Å². The highest BCUT2D eigenvalue weighted by Gasteiger charge is 2.31. The molecule has 1 aliphatic rings. The molecular formula is C35H40Cl2FN3O2S. The lowest BCUT2D eigenvalue weighted by Gasteiger charge is -2.31. The van der Waals surface area contributed by atoms with E-state index in [4.69, 9.17) is 43.4 Å². The van der Waals surface area contributed by atoms with Gasteiger partial charge in [0.05, 0.1) is 34.6 Å². The maximum atomic E-state index is 15.2. The van der Waals surface area contributed by atoms with Crippen molar-refractivity contribution < 1.29 is 13.9 Å². The molecule has 0 spiro atoms. The fourth-order valence-electron chi connectivity index (χ4n) is 5.09. The van der Waals surface area contributed by atoms with Crippen LogP contribution in [0.15, 0.2) is 76.4 Å². The smallest absolute Gasteiger partial charge is 0.137 e. The number of hydrogen-bond donors (Lipinski definition) is 1. The van der Waals surface area contributed by atoms with E-state index in [1.54, 1.807) is 20.1 Å². The lowest BCUT2D eigenvalue weighted by atomic mass is 9.73.